The highest BCUT2D eigenvalue weighted by Gasteiger charge is 2.37. The van der Waals surface area contributed by atoms with Crippen molar-refractivity contribution in [1.82, 2.24) is 14.1 Å². The first-order valence-electron chi connectivity index (χ1n) is 10.7. The van der Waals surface area contributed by atoms with Crippen LogP contribution in [0.4, 0.5) is 0 Å². The highest BCUT2D eigenvalue weighted by molar-refractivity contribution is 7.89. The van der Waals surface area contributed by atoms with E-state index >= 15 is 0 Å². The number of ether oxygens (including phenoxy) is 1. The van der Waals surface area contributed by atoms with Gasteiger partial charge in [0.15, 0.2) is 12.4 Å². The van der Waals surface area contributed by atoms with Crippen molar-refractivity contribution in [2.45, 2.75) is 23.8 Å². The van der Waals surface area contributed by atoms with E-state index in [1.807, 2.05) is 0 Å². The minimum atomic E-state index is -3.62. The van der Waals surface area contributed by atoms with E-state index in [4.69, 9.17) is 9.15 Å². The van der Waals surface area contributed by atoms with Gasteiger partial charge in [-0.3, -0.25) is 9.59 Å². The van der Waals surface area contributed by atoms with Crippen molar-refractivity contribution in [1.29, 1.82) is 0 Å². The number of sulfonamides is 1. The molecule has 1 aromatic heterocycles. The maximum atomic E-state index is 12.7. The molecule has 2 aromatic rings. The van der Waals surface area contributed by atoms with Crippen LogP contribution in [0.3, 0.4) is 0 Å². The summed E-state index contributed by atoms with van der Waals surface area (Å²) in [6.45, 7) is 0.675. The number of carbonyl (C=O) groups is 3. The summed E-state index contributed by atoms with van der Waals surface area (Å²) in [6, 6.07) is 10.5. The van der Waals surface area contributed by atoms with E-state index < -0.39 is 34.5 Å². The predicted molar refractivity (Wildman–Crippen MR) is 116 cm³/mol. The fourth-order valence-electron chi connectivity index (χ4n) is 4.04. The molecule has 2 saturated heterocycles. The number of likely N-dealkylation sites (tertiary alicyclic amines) is 1. The normalized spacial score (nSPS) is 19.5. The standard InChI is InChI=1S/C22H25N3O7S/c26-20(23-11-13-24(14-12-23)33(29,30)17-6-2-1-3-7-17)16-32-22(28)18-8-4-10-25(18)21(27)19-9-5-15-31-19/h1-3,5-7,9,15,18H,4,8,10-14,16H2/t18-/m0/s1. The van der Waals surface area contributed by atoms with Gasteiger partial charge in [-0.15, -0.1) is 0 Å². The van der Waals surface area contributed by atoms with E-state index in [-0.39, 0.29) is 42.7 Å². The molecule has 176 valence electrons. The van der Waals surface area contributed by atoms with Crippen LogP contribution in [0, 0.1) is 0 Å². The number of hydrogen-bond donors (Lipinski definition) is 0. The van der Waals surface area contributed by atoms with Crippen LogP contribution in [-0.2, 0) is 24.3 Å². The highest BCUT2D eigenvalue weighted by Crippen LogP contribution is 2.22. The fourth-order valence-corrected chi connectivity index (χ4v) is 5.48. The summed E-state index contributed by atoms with van der Waals surface area (Å²) >= 11 is 0. The third-order valence-corrected chi connectivity index (χ3v) is 7.74. The van der Waals surface area contributed by atoms with Crippen LogP contribution in [0.5, 0.6) is 0 Å². The lowest BCUT2D eigenvalue weighted by molar-refractivity contribution is -0.155. The van der Waals surface area contributed by atoms with Gasteiger partial charge in [0.1, 0.15) is 6.04 Å². The van der Waals surface area contributed by atoms with Crippen molar-refractivity contribution < 1.29 is 32.0 Å². The summed E-state index contributed by atoms with van der Waals surface area (Å²) in [6.07, 6.45) is 2.49. The van der Waals surface area contributed by atoms with Crippen LogP contribution in [0.15, 0.2) is 58.0 Å². The highest BCUT2D eigenvalue weighted by atomic mass is 32.2. The Hall–Kier alpha value is -3.18. The molecule has 10 nitrogen and oxygen atoms in total. The Morgan fingerprint density at radius 1 is 0.970 bits per heavy atom. The molecule has 4 rings (SSSR count). The number of piperazine rings is 1. The number of hydrogen-bond acceptors (Lipinski definition) is 7. The first-order valence-corrected chi connectivity index (χ1v) is 12.2. The molecule has 1 atom stereocenters. The SMILES string of the molecule is O=C(OCC(=O)N1CCN(S(=O)(=O)c2ccccc2)CC1)[C@@H]1CCCN1C(=O)c1ccco1. The van der Waals surface area contributed by atoms with E-state index in [1.165, 1.54) is 38.6 Å². The van der Waals surface area contributed by atoms with Gasteiger partial charge in [0.05, 0.1) is 11.2 Å². The molecule has 33 heavy (non-hydrogen) atoms. The summed E-state index contributed by atoms with van der Waals surface area (Å²) in [5.41, 5.74) is 0. The minimum Gasteiger partial charge on any atom is -0.459 e. The molecule has 2 aliphatic rings. The van der Waals surface area contributed by atoms with Gasteiger partial charge in [0, 0.05) is 32.7 Å². The van der Waals surface area contributed by atoms with Gasteiger partial charge in [0.25, 0.3) is 11.8 Å². The van der Waals surface area contributed by atoms with Crippen LogP contribution in [0.25, 0.3) is 0 Å². The maximum Gasteiger partial charge on any atom is 0.329 e. The number of benzene rings is 1. The van der Waals surface area contributed by atoms with Gasteiger partial charge in [-0.25, -0.2) is 13.2 Å². The number of amides is 2. The number of nitrogens with zero attached hydrogens (tertiary/aromatic N) is 3. The molecule has 1 aromatic carbocycles. The fraction of sp³-hybridized carbons (Fsp3) is 0.409. The van der Waals surface area contributed by atoms with Gasteiger partial charge in [-0.2, -0.15) is 4.31 Å². The lowest BCUT2D eigenvalue weighted by atomic mass is 10.2. The monoisotopic (exact) mass is 475 g/mol. The van der Waals surface area contributed by atoms with Gasteiger partial charge in [0.2, 0.25) is 10.0 Å². The first-order chi connectivity index (χ1) is 15.9. The average Bonchev–Trinajstić information content (AvgIpc) is 3.55. The van der Waals surface area contributed by atoms with Crippen LogP contribution in [0.1, 0.15) is 23.4 Å². The van der Waals surface area contributed by atoms with Crippen molar-refractivity contribution in [2.75, 3.05) is 39.3 Å². The topological polar surface area (TPSA) is 117 Å². The molecule has 2 fully saturated rings. The molecule has 11 heteroatoms. The number of furan rings is 1. The molecule has 2 amide bonds. The molecular formula is C22H25N3O7S. The smallest absolute Gasteiger partial charge is 0.329 e. The molecule has 3 heterocycles. The Kier molecular flexibility index (Phi) is 6.80. The third kappa shape index (κ3) is 4.93. The zero-order valence-electron chi connectivity index (χ0n) is 18.0. The van der Waals surface area contributed by atoms with Crippen molar-refractivity contribution >= 4 is 27.8 Å². The molecule has 0 unspecified atom stereocenters. The lowest BCUT2D eigenvalue weighted by Gasteiger charge is -2.34. The Balaban J connectivity index is 1.27. The first kappa shape index (κ1) is 23.0. The van der Waals surface area contributed by atoms with Crippen molar-refractivity contribution in [3.63, 3.8) is 0 Å². The Labute approximate surface area is 191 Å². The van der Waals surface area contributed by atoms with Crippen LogP contribution < -0.4 is 0 Å². The summed E-state index contributed by atoms with van der Waals surface area (Å²) in [7, 11) is -3.62. The summed E-state index contributed by atoms with van der Waals surface area (Å²) in [4.78, 5) is 40.7. The molecule has 0 bridgehead atoms. The Morgan fingerprint density at radius 3 is 2.36 bits per heavy atom. The van der Waals surface area contributed by atoms with Crippen molar-refractivity contribution in [2.24, 2.45) is 0 Å². The molecule has 0 N–H and O–H groups in total. The van der Waals surface area contributed by atoms with Crippen LogP contribution >= 0.6 is 0 Å². The predicted octanol–water partition coefficient (Wildman–Crippen LogP) is 0.961. The van der Waals surface area contributed by atoms with E-state index in [9.17, 15) is 22.8 Å². The van der Waals surface area contributed by atoms with E-state index in [2.05, 4.69) is 0 Å². The zero-order chi connectivity index (χ0) is 23.4. The van der Waals surface area contributed by atoms with Gasteiger partial charge in [-0.05, 0) is 37.1 Å². The summed E-state index contributed by atoms with van der Waals surface area (Å²) in [5, 5.41) is 0. The second kappa shape index (κ2) is 9.75. The second-order valence-corrected chi connectivity index (χ2v) is 9.78. The van der Waals surface area contributed by atoms with E-state index in [1.54, 1.807) is 24.3 Å². The number of rotatable bonds is 6. The quantitative estimate of drug-likeness (QED) is 0.571. The third-order valence-electron chi connectivity index (χ3n) is 5.83. The summed E-state index contributed by atoms with van der Waals surface area (Å²) < 4.78 is 37.1. The molecule has 2 aliphatic heterocycles. The molecule has 0 radical (unpaired) electrons. The molecule has 0 saturated carbocycles. The summed E-state index contributed by atoms with van der Waals surface area (Å²) in [5.74, 6) is -1.27. The van der Waals surface area contributed by atoms with Crippen molar-refractivity contribution in [3.05, 3.63) is 54.5 Å². The largest absolute Gasteiger partial charge is 0.459 e. The maximum absolute atomic E-state index is 12.7. The molecular weight excluding hydrogens is 450 g/mol. The van der Waals surface area contributed by atoms with Crippen molar-refractivity contribution in [3.8, 4) is 0 Å². The van der Waals surface area contributed by atoms with Crippen LogP contribution in [-0.4, -0.2) is 85.7 Å². The van der Waals surface area contributed by atoms with Gasteiger partial charge >= 0.3 is 5.97 Å². The molecule has 0 aliphatic carbocycles. The lowest BCUT2D eigenvalue weighted by Crippen LogP contribution is -2.51. The van der Waals surface area contributed by atoms with Crippen LogP contribution in [0.2, 0.25) is 0 Å². The van der Waals surface area contributed by atoms with E-state index in [0.717, 1.165) is 0 Å². The average molecular weight is 476 g/mol. The van der Waals surface area contributed by atoms with Gasteiger partial charge < -0.3 is 19.0 Å². The zero-order valence-corrected chi connectivity index (χ0v) is 18.8. The molecule has 0 spiro atoms. The number of carbonyl (C=O) groups excluding carboxylic acids is 3. The minimum absolute atomic E-state index is 0.147. The van der Waals surface area contributed by atoms with E-state index in [0.29, 0.717) is 19.4 Å². The Morgan fingerprint density at radius 2 is 1.70 bits per heavy atom. The van der Waals surface area contributed by atoms with Gasteiger partial charge in [-0.1, -0.05) is 18.2 Å². The number of esters is 1. The second-order valence-electron chi connectivity index (χ2n) is 7.84. The Bertz CT molecular complexity index is 1090.